The van der Waals surface area contributed by atoms with Crippen molar-refractivity contribution in [3.05, 3.63) is 29.8 Å². The Balaban J connectivity index is 2.35. The van der Waals surface area contributed by atoms with Crippen molar-refractivity contribution in [1.29, 1.82) is 0 Å². The van der Waals surface area contributed by atoms with Gasteiger partial charge in [0.25, 0.3) is 0 Å². The molecule has 21 heavy (non-hydrogen) atoms. The highest BCUT2D eigenvalue weighted by Crippen LogP contribution is 2.28. The minimum Gasteiger partial charge on any atom is -0.489 e. The Hall–Kier alpha value is -1.06. The third-order valence-corrected chi connectivity index (χ3v) is 3.67. The summed E-state index contributed by atoms with van der Waals surface area (Å²) in [6, 6.07) is 8.38. The lowest BCUT2D eigenvalue weighted by Crippen LogP contribution is -2.30. The van der Waals surface area contributed by atoms with Crippen LogP contribution in [0.5, 0.6) is 5.75 Å². The first-order valence-corrected chi connectivity index (χ1v) is 8.23. The average Bonchev–Trinajstić information content (AvgIpc) is 2.50. The topological polar surface area (TPSA) is 30.5 Å². The number of nitrogens with one attached hydrogen (secondary N) is 1. The highest BCUT2D eigenvalue weighted by Gasteiger charge is 2.11. The van der Waals surface area contributed by atoms with Gasteiger partial charge in [-0.05, 0) is 50.8 Å². The second kappa shape index (κ2) is 10.6. The van der Waals surface area contributed by atoms with Crippen LogP contribution in [0, 0.1) is 0 Å². The van der Waals surface area contributed by atoms with E-state index >= 15 is 0 Å². The quantitative estimate of drug-likeness (QED) is 0.626. The molecule has 0 radical (unpaired) electrons. The first kappa shape index (κ1) is 18.0. The van der Waals surface area contributed by atoms with Crippen LogP contribution in [0.1, 0.15) is 52.0 Å². The molecule has 0 aliphatic carbocycles. The second-order valence-corrected chi connectivity index (χ2v) is 5.53. The predicted molar refractivity (Wildman–Crippen MR) is 89.2 cm³/mol. The Morgan fingerprint density at radius 1 is 1.14 bits per heavy atom. The molecule has 0 aromatic heterocycles. The molecule has 0 bridgehead atoms. The lowest BCUT2D eigenvalue weighted by Gasteiger charge is -2.20. The van der Waals surface area contributed by atoms with Gasteiger partial charge in [0.15, 0.2) is 0 Å². The molecule has 0 saturated carbocycles. The Morgan fingerprint density at radius 2 is 1.90 bits per heavy atom. The summed E-state index contributed by atoms with van der Waals surface area (Å²) >= 11 is 0. The lowest BCUT2D eigenvalue weighted by molar-refractivity contribution is 0.143. The van der Waals surface area contributed by atoms with Crippen LogP contribution in [0.2, 0.25) is 0 Å². The van der Waals surface area contributed by atoms with E-state index < -0.39 is 0 Å². The monoisotopic (exact) mass is 293 g/mol. The van der Waals surface area contributed by atoms with Crippen molar-refractivity contribution in [1.82, 2.24) is 5.32 Å². The van der Waals surface area contributed by atoms with Crippen molar-refractivity contribution >= 4 is 0 Å². The number of hydrogen-bond acceptors (Lipinski definition) is 3. The van der Waals surface area contributed by atoms with Gasteiger partial charge in [-0.1, -0.05) is 32.0 Å². The van der Waals surface area contributed by atoms with Gasteiger partial charge in [-0.2, -0.15) is 0 Å². The average molecular weight is 293 g/mol. The summed E-state index contributed by atoms with van der Waals surface area (Å²) in [5.74, 6) is 1.56. The number of ether oxygens (including phenoxy) is 2. The Labute approximate surface area is 130 Å². The SMILES string of the molecule is CCOCCCNCC(C)Oc1ccccc1C(C)CC. The van der Waals surface area contributed by atoms with Gasteiger partial charge in [-0.15, -0.1) is 0 Å². The molecule has 0 saturated heterocycles. The number of benzene rings is 1. The molecular weight excluding hydrogens is 262 g/mol. The van der Waals surface area contributed by atoms with Crippen molar-refractivity contribution in [2.24, 2.45) is 0 Å². The van der Waals surface area contributed by atoms with E-state index in [1.165, 1.54) is 5.56 Å². The summed E-state index contributed by atoms with van der Waals surface area (Å²) in [5, 5.41) is 3.42. The predicted octanol–water partition coefficient (Wildman–Crippen LogP) is 3.98. The van der Waals surface area contributed by atoms with Gasteiger partial charge >= 0.3 is 0 Å². The summed E-state index contributed by atoms with van der Waals surface area (Å²) in [6.07, 6.45) is 2.34. The summed E-state index contributed by atoms with van der Waals surface area (Å²) in [7, 11) is 0. The van der Waals surface area contributed by atoms with Crippen LogP contribution in [0.25, 0.3) is 0 Å². The molecular formula is C18H31NO2. The van der Waals surface area contributed by atoms with Crippen molar-refractivity contribution in [2.75, 3.05) is 26.3 Å². The summed E-state index contributed by atoms with van der Waals surface area (Å²) < 4.78 is 11.4. The van der Waals surface area contributed by atoms with Crippen molar-refractivity contribution < 1.29 is 9.47 Å². The second-order valence-electron chi connectivity index (χ2n) is 5.53. The van der Waals surface area contributed by atoms with Crippen LogP contribution in [0.4, 0.5) is 0 Å². The van der Waals surface area contributed by atoms with Gasteiger partial charge < -0.3 is 14.8 Å². The highest BCUT2D eigenvalue weighted by atomic mass is 16.5. The largest absolute Gasteiger partial charge is 0.489 e. The first-order valence-electron chi connectivity index (χ1n) is 8.23. The zero-order valence-electron chi connectivity index (χ0n) is 14.0. The fourth-order valence-electron chi connectivity index (χ4n) is 2.22. The van der Waals surface area contributed by atoms with Crippen molar-refractivity contribution in [3.63, 3.8) is 0 Å². The van der Waals surface area contributed by atoms with E-state index in [9.17, 15) is 0 Å². The summed E-state index contributed by atoms with van der Waals surface area (Å²) in [4.78, 5) is 0. The van der Waals surface area contributed by atoms with Crippen LogP contribution >= 0.6 is 0 Å². The molecule has 0 aliphatic heterocycles. The van der Waals surface area contributed by atoms with E-state index in [0.29, 0.717) is 5.92 Å². The summed E-state index contributed by atoms with van der Waals surface area (Å²) in [5.41, 5.74) is 1.31. The zero-order chi connectivity index (χ0) is 15.5. The van der Waals surface area contributed by atoms with Crippen LogP contribution in [0.15, 0.2) is 24.3 Å². The van der Waals surface area contributed by atoms with Crippen molar-refractivity contribution in [3.8, 4) is 5.75 Å². The van der Waals surface area contributed by atoms with E-state index in [1.54, 1.807) is 0 Å². The molecule has 0 fully saturated rings. The van der Waals surface area contributed by atoms with E-state index in [2.05, 4.69) is 44.3 Å². The fraction of sp³-hybridized carbons (Fsp3) is 0.667. The van der Waals surface area contributed by atoms with Gasteiger partial charge in [0.2, 0.25) is 0 Å². The molecule has 0 amide bonds. The maximum Gasteiger partial charge on any atom is 0.123 e. The Bertz CT molecular complexity index is 381. The molecule has 120 valence electrons. The molecule has 1 aromatic rings. The van der Waals surface area contributed by atoms with Crippen LogP contribution in [0.3, 0.4) is 0 Å². The van der Waals surface area contributed by atoms with Gasteiger partial charge in [-0.3, -0.25) is 0 Å². The zero-order valence-corrected chi connectivity index (χ0v) is 14.0. The number of para-hydroxylation sites is 1. The molecule has 2 unspecified atom stereocenters. The molecule has 3 heteroatoms. The molecule has 1 rings (SSSR count). The fourth-order valence-corrected chi connectivity index (χ4v) is 2.22. The molecule has 0 aliphatic rings. The third-order valence-electron chi connectivity index (χ3n) is 3.67. The smallest absolute Gasteiger partial charge is 0.123 e. The maximum atomic E-state index is 6.10. The van der Waals surface area contributed by atoms with E-state index in [-0.39, 0.29) is 6.10 Å². The van der Waals surface area contributed by atoms with E-state index in [4.69, 9.17) is 9.47 Å². The minimum atomic E-state index is 0.169. The molecule has 3 nitrogen and oxygen atoms in total. The van der Waals surface area contributed by atoms with Gasteiger partial charge in [-0.25, -0.2) is 0 Å². The van der Waals surface area contributed by atoms with Crippen molar-refractivity contribution in [2.45, 2.75) is 52.6 Å². The standard InChI is InChI=1S/C18H31NO2/c1-5-15(3)17-10-7-8-11-18(17)21-16(4)14-19-12-9-13-20-6-2/h7-8,10-11,15-16,19H,5-6,9,12-14H2,1-4H3. The van der Waals surface area contributed by atoms with Crippen LogP contribution in [-0.2, 0) is 4.74 Å². The third kappa shape index (κ3) is 6.96. The number of hydrogen-bond donors (Lipinski definition) is 1. The van der Waals surface area contributed by atoms with E-state index in [0.717, 1.165) is 44.9 Å². The van der Waals surface area contributed by atoms with Gasteiger partial charge in [0.1, 0.15) is 11.9 Å². The summed E-state index contributed by atoms with van der Waals surface area (Å²) in [6.45, 7) is 12.1. The molecule has 2 atom stereocenters. The Morgan fingerprint density at radius 3 is 2.62 bits per heavy atom. The maximum absolute atomic E-state index is 6.10. The highest BCUT2D eigenvalue weighted by molar-refractivity contribution is 5.36. The van der Waals surface area contributed by atoms with Gasteiger partial charge in [0.05, 0.1) is 0 Å². The van der Waals surface area contributed by atoms with Crippen LogP contribution < -0.4 is 10.1 Å². The normalized spacial score (nSPS) is 13.9. The molecule has 1 aromatic carbocycles. The lowest BCUT2D eigenvalue weighted by atomic mass is 9.98. The molecule has 0 spiro atoms. The van der Waals surface area contributed by atoms with E-state index in [1.807, 2.05) is 13.0 Å². The minimum absolute atomic E-state index is 0.169. The Kier molecular flexibility index (Phi) is 9.11. The number of rotatable bonds is 11. The molecule has 0 heterocycles. The van der Waals surface area contributed by atoms with Gasteiger partial charge in [0, 0.05) is 19.8 Å². The van der Waals surface area contributed by atoms with Crippen LogP contribution in [-0.4, -0.2) is 32.4 Å². The molecule has 1 N–H and O–H groups in total. The first-order chi connectivity index (χ1) is 10.2.